The van der Waals surface area contributed by atoms with Gasteiger partial charge in [0.1, 0.15) is 0 Å². The normalized spacial score (nSPS) is 11.1. The Bertz CT molecular complexity index is 419. The van der Waals surface area contributed by atoms with Gasteiger partial charge >= 0.3 is 5.97 Å². The first kappa shape index (κ1) is 13.5. The van der Waals surface area contributed by atoms with Crippen LogP contribution in [0.4, 0.5) is 5.69 Å². The largest absolute Gasteiger partial charge is 0.461 e. The zero-order valence-corrected chi connectivity index (χ0v) is 10.6. The molecular weight excluding hydrogens is 240 g/mol. The van der Waals surface area contributed by atoms with E-state index in [1.54, 1.807) is 6.92 Å². The summed E-state index contributed by atoms with van der Waals surface area (Å²) in [6.07, 6.45) is 0.871. The molecule has 17 heavy (non-hydrogen) atoms. The summed E-state index contributed by atoms with van der Waals surface area (Å²) < 4.78 is 4.71. The fraction of sp³-hybridized carbons (Fsp3) is 0.333. The van der Waals surface area contributed by atoms with E-state index in [4.69, 9.17) is 16.3 Å². The highest BCUT2D eigenvalue weighted by Crippen LogP contribution is 2.15. The third-order valence-corrected chi connectivity index (χ3v) is 2.36. The molecule has 0 fully saturated rings. The topological polar surface area (TPSA) is 50.7 Å². The molecule has 0 saturated heterocycles. The second-order valence-corrected chi connectivity index (χ2v) is 3.60. The third kappa shape index (κ3) is 4.07. The predicted octanol–water partition coefficient (Wildman–Crippen LogP) is 2.78. The fourth-order valence-corrected chi connectivity index (χ4v) is 1.38. The number of hydrazone groups is 1. The van der Waals surface area contributed by atoms with Gasteiger partial charge in [-0.05, 0) is 25.0 Å². The monoisotopic (exact) mass is 254 g/mol. The number of aryl methyl sites for hydroxylation is 1. The molecule has 0 radical (unpaired) electrons. The molecule has 0 atom stereocenters. The second kappa shape index (κ2) is 6.91. The molecule has 0 aromatic heterocycles. The van der Waals surface area contributed by atoms with Gasteiger partial charge in [0.25, 0.3) is 0 Å². The van der Waals surface area contributed by atoms with Gasteiger partial charge in [0.2, 0.25) is 5.17 Å². The van der Waals surface area contributed by atoms with Crippen LogP contribution in [0.5, 0.6) is 0 Å². The molecule has 1 aromatic rings. The van der Waals surface area contributed by atoms with Gasteiger partial charge in [-0.1, -0.05) is 36.7 Å². The van der Waals surface area contributed by atoms with Crippen molar-refractivity contribution in [3.8, 4) is 0 Å². The number of benzene rings is 1. The average molecular weight is 255 g/mol. The summed E-state index contributed by atoms with van der Waals surface area (Å²) in [5.74, 6) is -0.629. The van der Waals surface area contributed by atoms with E-state index in [1.165, 1.54) is 0 Å². The van der Waals surface area contributed by atoms with Crippen molar-refractivity contribution in [2.24, 2.45) is 5.10 Å². The van der Waals surface area contributed by atoms with Crippen LogP contribution in [0.2, 0.25) is 0 Å². The fourth-order valence-electron chi connectivity index (χ4n) is 1.28. The molecule has 0 unspecified atom stereocenters. The first-order chi connectivity index (χ1) is 8.19. The van der Waals surface area contributed by atoms with E-state index < -0.39 is 5.97 Å². The summed E-state index contributed by atoms with van der Waals surface area (Å²) in [7, 11) is 0. The highest BCUT2D eigenvalue weighted by molar-refractivity contribution is 6.82. The van der Waals surface area contributed by atoms with Gasteiger partial charge in [-0.15, -0.1) is 0 Å². The van der Waals surface area contributed by atoms with E-state index in [0.717, 1.165) is 17.7 Å². The van der Waals surface area contributed by atoms with Crippen LogP contribution >= 0.6 is 11.6 Å². The minimum absolute atomic E-state index is 0.210. The molecule has 4 nitrogen and oxygen atoms in total. The van der Waals surface area contributed by atoms with Crippen LogP contribution in [0.15, 0.2) is 29.4 Å². The number of anilines is 1. The van der Waals surface area contributed by atoms with E-state index in [-0.39, 0.29) is 11.8 Å². The van der Waals surface area contributed by atoms with Crippen molar-refractivity contribution in [3.05, 3.63) is 29.8 Å². The van der Waals surface area contributed by atoms with Crippen LogP contribution in [0.25, 0.3) is 0 Å². The lowest BCUT2D eigenvalue weighted by atomic mass is 10.1. The molecule has 0 heterocycles. The number of hydrogen-bond donors (Lipinski definition) is 1. The van der Waals surface area contributed by atoms with E-state index in [0.29, 0.717) is 0 Å². The number of esters is 1. The standard InChI is InChI=1S/C12H15ClN2O2/c1-3-9-7-5-6-8-10(9)14-15-11(13)12(16)17-4-2/h5-8,14H,3-4H2,1-2H3/b15-11-. The van der Waals surface area contributed by atoms with Crippen molar-refractivity contribution in [2.45, 2.75) is 20.3 Å². The van der Waals surface area contributed by atoms with Crippen LogP contribution in [-0.4, -0.2) is 17.7 Å². The maximum atomic E-state index is 11.2. The molecule has 0 amide bonds. The first-order valence-electron chi connectivity index (χ1n) is 5.43. The van der Waals surface area contributed by atoms with Crippen molar-refractivity contribution in [1.29, 1.82) is 0 Å². The zero-order chi connectivity index (χ0) is 12.7. The molecule has 1 aromatic carbocycles. The number of hydrogen-bond acceptors (Lipinski definition) is 4. The molecule has 0 aliphatic carbocycles. The summed E-state index contributed by atoms with van der Waals surface area (Å²) in [6, 6.07) is 7.68. The highest BCUT2D eigenvalue weighted by Gasteiger charge is 2.09. The highest BCUT2D eigenvalue weighted by atomic mass is 35.5. The maximum absolute atomic E-state index is 11.2. The Morgan fingerprint density at radius 2 is 2.12 bits per heavy atom. The zero-order valence-electron chi connectivity index (χ0n) is 9.87. The molecule has 0 spiro atoms. The second-order valence-electron chi connectivity index (χ2n) is 3.25. The van der Waals surface area contributed by atoms with Crippen molar-refractivity contribution in [2.75, 3.05) is 12.0 Å². The van der Waals surface area contributed by atoms with Crippen LogP contribution in [0, 0.1) is 0 Å². The number of rotatable bonds is 5. The van der Waals surface area contributed by atoms with Gasteiger partial charge in [0.05, 0.1) is 12.3 Å². The van der Waals surface area contributed by atoms with Crippen LogP contribution in [0.1, 0.15) is 19.4 Å². The Morgan fingerprint density at radius 1 is 1.41 bits per heavy atom. The Labute approximate surface area is 106 Å². The Balaban J connectivity index is 2.71. The summed E-state index contributed by atoms with van der Waals surface area (Å²) >= 11 is 5.67. The number of nitrogens with zero attached hydrogens (tertiary/aromatic N) is 1. The minimum atomic E-state index is -0.629. The lowest BCUT2D eigenvalue weighted by Crippen LogP contribution is -2.13. The molecule has 1 rings (SSSR count). The van der Waals surface area contributed by atoms with Crippen LogP contribution < -0.4 is 5.43 Å². The summed E-state index contributed by atoms with van der Waals surface area (Å²) in [5.41, 5.74) is 4.69. The molecule has 0 aliphatic rings. The van der Waals surface area contributed by atoms with E-state index in [2.05, 4.69) is 10.5 Å². The number of ether oxygens (including phenoxy) is 1. The van der Waals surface area contributed by atoms with Crippen molar-refractivity contribution >= 4 is 28.4 Å². The Hall–Kier alpha value is -1.55. The van der Waals surface area contributed by atoms with Crippen LogP contribution in [0.3, 0.4) is 0 Å². The first-order valence-corrected chi connectivity index (χ1v) is 5.81. The smallest absolute Gasteiger partial charge is 0.370 e. The van der Waals surface area contributed by atoms with Gasteiger partial charge in [-0.3, -0.25) is 5.43 Å². The minimum Gasteiger partial charge on any atom is -0.461 e. The lowest BCUT2D eigenvalue weighted by molar-refractivity contribution is -0.134. The molecular formula is C12H15ClN2O2. The van der Waals surface area contributed by atoms with E-state index in [9.17, 15) is 4.79 Å². The van der Waals surface area contributed by atoms with E-state index >= 15 is 0 Å². The molecule has 0 bridgehead atoms. The van der Waals surface area contributed by atoms with Crippen LogP contribution in [-0.2, 0) is 16.0 Å². The van der Waals surface area contributed by atoms with Gasteiger partial charge in [-0.2, -0.15) is 5.10 Å². The third-order valence-electron chi connectivity index (χ3n) is 2.12. The number of carbonyl (C=O) groups excluding carboxylic acids is 1. The lowest BCUT2D eigenvalue weighted by Gasteiger charge is -2.06. The predicted molar refractivity (Wildman–Crippen MR) is 69.4 cm³/mol. The Morgan fingerprint density at radius 3 is 2.76 bits per heavy atom. The van der Waals surface area contributed by atoms with E-state index in [1.807, 2.05) is 31.2 Å². The van der Waals surface area contributed by atoms with Crippen molar-refractivity contribution in [3.63, 3.8) is 0 Å². The van der Waals surface area contributed by atoms with Gasteiger partial charge in [0.15, 0.2) is 0 Å². The van der Waals surface area contributed by atoms with Gasteiger partial charge < -0.3 is 4.74 Å². The molecule has 5 heteroatoms. The SMILES string of the molecule is CCOC(=O)/C(Cl)=N/Nc1ccccc1CC. The summed E-state index contributed by atoms with van der Waals surface area (Å²) in [4.78, 5) is 11.2. The Kier molecular flexibility index (Phi) is 5.49. The van der Waals surface area contributed by atoms with Gasteiger partial charge in [0, 0.05) is 0 Å². The summed E-state index contributed by atoms with van der Waals surface area (Å²) in [5, 5.41) is 3.57. The number of para-hydroxylation sites is 1. The van der Waals surface area contributed by atoms with Crippen molar-refractivity contribution < 1.29 is 9.53 Å². The molecule has 92 valence electrons. The number of halogens is 1. The molecule has 0 saturated carbocycles. The average Bonchev–Trinajstić information content (AvgIpc) is 2.36. The number of carbonyl (C=O) groups is 1. The number of nitrogens with one attached hydrogen (secondary N) is 1. The molecule has 1 N–H and O–H groups in total. The van der Waals surface area contributed by atoms with Crippen molar-refractivity contribution in [1.82, 2.24) is 0 Å². The molecule has 0 aliphatic heterocycles. The maximum Gasteiger partial charge on any atom is 0.370 e. The summed E-state index contributed by atoms with van der Waals surface area (Å²) in [6.45, 7) is 4.02. The quantitative estimate of drug-likeness (QED) is 0.499. The van der Waals surface area contributed by atoms with Gasteiger partial charge in [-0.25, -0.2) is 4.79 Å².